The monoisotopic (exact) mass is 234 g/mol. The SMILES string of the molecule is CC(C)(C)NC(=O)c1cnc2ccsc2c1. The van der Waals surface area contributed by atoms with Gasteiger partial charge in [-0.3, -0.25) is 9.78 Å². The van der Waals surface area contributed by atoms with Crippen LogP contribution in [0.1, 0.15) is 31.1 Å². The highest BCUT2D eigenvalue weighted by Gasteiger charge is 2.15. The molecule has 0 aliphatic rings. The summed E-state index contributed by atoms with van der Waals surface area (Å²) in [5.41, 5.74) is 1.34. The van der Waals surface area contributed by atoms with Crippen LogP contribution in [-0.4, -0.2) is 16.4 Å². The second kappa shape index (κ2) is 3.87. The molecule has 16 heavy (non-hydrogen) atoms. The van der Waals surface area contributed by atoms with Crippen molar-refractivity contribution in [1.82, 2.24) is 10.3 Å². The third-order valence-corrected chi connectivity index (χ3v) is 2.91. The van der Waals surface area contributed by atoms with Crippen LogP contribution in [-0.2, 0) is 0 Å². The first kappa shape index (κ1) is 11.1. The van der Waals surface area contributed by atoms with E-state index in [2.05, 4.69) is 10.3 Å². The van der Waals surface area contributed by atoms with Gasteiger partial charge in [0.15, 0.2) is 0 Å². The Labute approximate surface area is 98.5 Å². The fourth-order valence-corrected chi connectivity index (χ4v) is 2.16. The van der Waals surface area contributed by atoms with E-state index in [1.807, 2.05) is 38.3 Å². The van der Waals surface area contributed by atoms with Crippen LogP contribution in [0.2, 0.25) is 0 Å². The fourth-order valence-electron chi connectivity index (χ4n) is 1.38. The topological polar surface area (TPSA) is 42.0 Å². The largest absolute Gasteiger partial charge is 0.347 e. The number of fused-ring (bicyclic) bond motifs is 1. The molecule has 0 saturated carbocycles. The van der Waals surface area contributed by atoms with Crippen molar-refractivity contribution >= 4 is 27.5 Å². The van der Waals surface area contributed by atoms with E-state index in [0.29, 0.717) is 5.56 Å². The minimum absolute atomic E-state index is 0.0738. The second-order valence-electron chi connectivity index (χ2n) is 4.73. The van der Waals surface area contributed by atoms with Crippen LogP contribution >= 0.6 is 11.3 Å². The lowest BCUT2D eigenvalue weighted by molar-refractivity contribution is 0.0919. The highest BCUT2D eigenvalue weighted by atomic mass is 32.1. The Morgan fingerprint density at radius 1 is 1.44 bits per heavy atom. The van der Waals surface area contributed by atoms with E-state index in [4.69, 9.17) is 0 Å². The summed E-state index contributed by atoms with van der Waals surface area (Å²) in [7, 11) is 0. The molecular weight excluding hydrogens is 220 g/mol. The highest BCUT2D eigenvalue weighted by Crippen LogP contribution is 2.19. The number of pyridine rings is 1. The van der Waals surface area contributed by atoms with Gasteiger partial charge in [-0.15, -0.1) is 11.3 Å². The molecule has 4 heteroatoms. The number of hydrogen-bond acceptors (Lipinski definition) is 3. The smallest absolute Gasteiger partial charge is 0.253 e. The van der Waals surface area contributed by atoms with Gasteiger partial charge < -0.3 is 5.32 Å². The molecule has 2 rings (SSSR count). The average molecular weight is 234 g/mol. The van der Waals surface area contributed by atoms with E-state index in [9.17, 15) is 4.79 Å². The van der Waals surface area contributed by atoms with Gasteiger partial charge in [-0.05, 0) is 38.3 Å². The Morgan fingerprint density at radius 3 is 2.88 bits per heavy atom. The molecule has 0 atom stereocenters. The maximum atomic E-state index is 11.9. The minimum Gasteiger partial charge on any atom is -0.347 e. The van der Waals surface area contributed by atoms with Crippen molar-refractivity contribution in [3.05, 3.63) is 29.3 Å². The minimum atomic E-state index is -0.221. The first-order valence-corrected chi connectivity index (χ1v) is 5.99. The zero-order valence-electron chi connectivity index (χ0n) is 9.57. The van der Waals surface area contributed by atoms with Gasteiger partial charge in [0.05, 0.1) is 15.8 Å². The van der Waals surface area contributed by atoms with Crippen LogP contribution < -0.4 is 5.32 Å². The van der Waals surface area contributed by atoms with Gasteiger partial charge in [0.2, 0.25) is 0 Å². The van der Waals surface area contributed by atoms with Crippen molar-refractivity contribution < 1.29 is 4.79 Å². The molecule has 0 aliphatic heterocycles. The van der Waals surface area contributed by atoms with E-state index < -0.39 is 0 Å². The first-order valence-electron chi connectivity index (χ1n) is 5.11. The molecule has 0 unspecified atom stereocenters. The zero-order valence-corrected chi connectivity index (χ0v) is 10.4. The van der Waals surface area contributed by atoms with Gasteiger partial charge in [0, 0.05) is 11.7 Å². The Morgan fingerprint density at radius 2 is 2.19 bits per heavy atom. The Bertz CT molecular complexity index is 525. The van der Waals surface area contributed by atoms with Crippen molar-refractivity contribution in [3.63, 3.8) is 0 Å². The number of hydrogen-bond donors (Lipinski definition) is 1. The van der Waals surface area contributed by atoms with Crippen LogP contribution in [0.15, 0.2) is 23.7 Å². The number of aromatic nitrogens is 1. The molecule has 1 amide bonds. The lowest BCUT2D eigenvalue weighted by Crippen LogP contribution is -2.40. The van der Waals surface area contributed by atoms with E-state index in [1.54, 1.807) is 17.5 Å². The summed E-state index contributed by atoms with van der Waals surface area (Å²) < 4.78 is 1.04. The molecule has 0 spiro atoms. The normalized spacial score (nSPS) is 11.7. The molecule has 3 nitrogen and oxygen atoms in total. The molecule has 0 bridgehead atoms. The number of carbonyl (C=O) groups excluding carboxylic acids is 1. The summed E-state index contributed by atoms with van der Waals surface area (Å²) in [5, 5.41) is 4.89. The first-order chi connectivity index (χ1) is 7.46. The molecule has 0 aliphatic carbocycles. The van der Waals surface area contributed by atoms with Gasteiger partial charge >= 0.3 is 0 Å². The fraction of sp³-hybridized carbons (Fsp3) is 0.333. The van der Waals surface area contributed by atoms with Gasteiger partial charge in [0.25, 0.3) is 5.91 Å². The Balaban J connectivity index is 2.29. The average Bonchev–Trinajstić information content (AvgIpc) is 2.61. The standard InChI is InChI=1S/C12H14N2OS/c1-12(2,3)14-11(15)8-6-10-9(13-7-8)4-5-16-10/h4-7H,1-3H3,(H,14,15). The van der Waals surface area contributed by atoms with Crippen LogP contribution in [0, 0.1) is 0 Å². The molecule has 0 fully saturated rings. The molecule has 0 radical (unpaired) electrons. The zero-order chi connectivity index (χ0) is 11.8. The molecule has 84 valence electrons. The number of rotatable bonds is 1. The third-order valence-electron chi connectivity index (χ3n) is 2.05. The molecule has 0 saturated heterocycles. The van der Waals surface area contributed by atoms with Crippen LogP contribution in [0.25, 0.3) is 10.2 Å². The molecule has 2 aromatic heterocycles. The van der Waals surface area contributed by atoms with Crippen molar-refractivity contribution in [1.29, 1.82) is 0 Å². The van der Waals surface area contributed by atoms with Crippen molar-refractivity contribution in [2.45, 2.75) is 26.3 Å². The van der Waals surface area contributed by atoms with Crippen LogP contribution in [0.4, 0.5) is 0 Å². The van der Waals surface area contributed by atoms with Crippen molar-refractivity contribution in [2.75, 3.05) is 0 Å². The third kappa shape index (κ3) is 2.39. The summed E-state index contributed by atoms with van der Waals surface area (Å²) in [4.78, 5) is 16.1. The lowest BCUT2D eigenvalue weighted by atomic mass is 10.1. The molecule has 2 heterocycles. The van der Waals surface area contributed by atoms with Crippen LogP contribution in [0.3, 0.4) is 0 Å². The van der Waals surface area contributed by atoms with E-state index >= 15 is 0 Å². The number of carbonyl (C=O) groups is 1. The molecule has 2 aromatic rings. The molecular formula is C12H14N2OS. The summed E-state index contributed by atoms with van der Waals surface area (Å²) in [6.45, 7) is 5.88. The summed E-state index contributed by atoms with van der Waals surface area (Å²) in [6, 6.07) is 3.83. The molecule has 0 aromatic carbocycles. The predicted octanol–water partition coefficient (Wildman–Crippen LogP) is 2.82. The van der Waals surface area contributed by atoms with Crippen molar-refractivity contribution in [3.8, 4) is 0 Å². The van der Waals surface area contributed by atoms with Gasteiger partial charge in [-0.25, -0.2) is 0 Å². The van der Waals surface area contributed by atoms with Crippen LogP contribution in [0.5, 0.6) is 0 Å². The Hall–Kier alpha value is -1.42. The van der Waals surface area contributed by atoms with Crippen molar-refractivity contribution in [2.24, 2.45) is 0 Å². The summed E-state index contributed by atoms with van der Waals surface area (Å²) in [5.74, 6) is -0.0738. The second-order valence-corrected chi connectivity index (χ2v) is 5.68. The summed E-state index contributed by atoms with van der Waals surface area (Å²) in [6.07, 6.45) is 1.62. The predicted molar refractivity (Wildman–Crippen MR) is 66.8 cm³/mol. The maximum Gasteiger partial charge on any atom is 0.253 e. The van der Waals surface area contributed by atoms with Gasteiger partial charge in [0.1, 0.15) is 0 Å². The summed E-state index contributed by atoms with van der Waals surface area (Å²) >= 11 is 1.59. The van der Waals surface area contributed by atoms with Gasteiger partial charge in [-0.1, -0.05) is 0 Å². The van der Waals surface area contributed by atoms with E-state index in [0.717, 1.165) is 10.2 Å². The molecule has 1 N–H and O–H groups in total. The Kier molecular flexibility index (Phi) is 2.68. The number of thiophene rings is 1. The quantitative estimate of drug-likeness (QED) is 0.824. The van der Waals surface area contributed by atoms with E-state index in [1.165, 1.54) is 0 Å². The van der Waals surface area contributed by atoms with Gasteiger partial charge in [-0.2, -0.15) is 0 Å². The van der Waals surface area contributed by atoms with E-state index in [-0.39, 0.29) is 11.4 Å². The highest BCUT2D eigenvalue weighted by molar-refractivity contribution is 7.17. The number of nitrogens with zero attached hydrogens (tertiary/aromatic N) is 1. The number of nitrogens with one attached hydrogen (secondary N) is 1. The maximum absolute atomic E-state index is 11.9. The number of amides is 1. The lowest BCUT2D eigenvalue weighted by Gasteiger charge is -2.20.